The van der Waals surface area contributed by atoms with Gasteiger partial charge in [0.25, 0.3) is 0 Å². The van der Waals surface area contributed by atoms with Crippen molar-refractivity contribution in [2.45, 2.75) is 6.92 Å². The van der Waals surface area contributed by atoms with Gasteiger partial charge < -0.3 is 14.2 Å². The maximum atomic E-state index is 12.2. The molecule has 0 bridgehead atoms. The number of hydrogen-bond donors (Lipinski definition) is 0. The first kappa shape index (κ1) is 14.8. The first-order valence-corrected chi connectivity index (χ1v) is 6.30. The number of ether oxygens (including phenoxy) is 3. The van der Waals surface area contributed by atoms with Gasteiger partial charge in [-0.1, -0.05) is 0 Å². The van der Waals surface area contributed by atoms with Gasteiger partial charge in [0.2, 0.25) is 0 Å². The number of carbonyl (C=O) groups excluding carboxylic acids is 2. The van der Waals surface area contributed by atoms with E-state index in [1.165, 1.54) is 33.5 Å². The van der Waals surface area contributed by atoms with Crippen LogP contribution < -0.4 is 14.2 Å². The average Bonchev–Trinajstić information content (AvgIpc) is 2.49. The molecule has 0 N–H and O–H groups in total. The summed E-state index contributed by atoms with van der Waals surface area (Å²) in [5.74, 6) is 0.894. The molecule has 0 radical (unpaired) electrons. The highest BCUT2D eigenvalue weighted by atomic mass is 16.5. The highest BCUT2D eigenvalue weighted by molar-refractivity contribution is 6.35. The Morgan fingerprint density at radius 1 is 0.810 bits per heavy atom. The first-order chi connectivity index (χ1) is 10.0. The van der Waals surface area contributed by atoms with Crippen molar-refractivity contribution in [3.63, 3.8) is 0 Å². The summed E-state index contributed by atoms with van der Waals surface area (Å²) >= 11 is 0. The van der Waals surface area contributed by atoms with E-state index in [9.17, 15) is 9.59 Å². The van der Waals surface area contributed by atoms with Gasteiger partial charge in [-0.2, -0.15) is 0 Å². The maximum absolute atomic E-state index is 12.2. The first-order valence-electron chi connectivity index (χ1n) is 6.30. The van der Waals surface area contributed by atoms with Gasteiger partial charge in [-0.05, 0) is 19.1 Å². The second-order valence-corrected chi connectivity index (χ2v) is 4.52. The number of ketones is 2. The fourth-order valence-corrected chi connectivity index (χ4v) is 2.13. The summed E-state index contributed by atoms with van der Waals surface area (Å²) in [6, 6.07) is 3.28. The largest absolute Gasteiger partial charge is 0.496 e. The molecule has 5 heteroatoms. The molecule has 0 atom stereocenters. The molecule has 1 aromatic rings. The van der Waals surface area contributed by atoms with Gasteiger partial charge in [0.1, 0.15) is 17.2 Å². The number of methoxy groups -OCH3 is 3. The zero-order chi connectivity index (χ0) is 15.6. The molecule has 5 nitrogen and oxygen atoms in total. The minimum Gasteiger partial charge on any atom is -0.496 e. The van der Waals surface area contributed by atoms with E-state index in [0.717, 1.165) is 0 Å². The third kappa shape index (κ3) is 2.67. The summed E-state index contributed by atoms with van der Waals surface area (Å²) in [6.07, 6.45) is 2.63. The predicted molar refractivity (Wildman–Crippen MR) is 77.8 cm³/mol. The van der Waals surface area contributed by atoms with Crippen molar-refractivity contribution in [3.8, 4) is 17.2 Å². The summed E-state index contributed by atoms with van der Waals surface area (Å²) in [7, 11) is 4.48. The van der Waals surface area contributed by atoms with E-state index in [1.54, 1.807) is 19.1 Å². The van der Waals surface area contributed by atoms with Crippen LogP contribution >= 0.6 is 0 Å². The Bertz CT molecular complexity index is 642. The van der Waals surface area contributed by atoms with Crippen LogP contribution in [-0.2, 0) is 9.59 Å². The van der Waals surface area contributed by atoms with Crippen LogP contribution in [0.1, 0.15) is 12.5 Å². The molecule has 0 heterocycles. The molecule has 0 aromatic heterocycles. The number of carbonyl (C=O) groups is 2. The molecule has 0 saturated carbocycles. The zero-order valence-corrected chi connectivity index (χ0v) is 12.4. The highest BCUT2D eigenvalue weighted by Crippen LogP contribution is 2.40. The van der Waals surface area contributed by atoms with Gasteiger partial charge in [-0.3, -0.25) is 9.59 Å². The zero-order valence-electron chi connectivity index (χ0n) is 12.4. The van der Waals surface area contributed by atoms with Gasteiger partial charge >= 0.3 is 0 Å². The van der Waals surface area contributed by atoms with Crippen LogP contribution in [0.2, 0.25) is 0 Å². The topological polar surface area (TPSA) is 61.8 Å². The van der Waals surface area contributed by atoms with Crippen LogP contribution in [0, 0.1) is 0 Å². The van der Waals surface area contributed by atoms with E-state index in [2.05, 4.69) is 0 Å². The summed E-state index contributed by atoms with van der Waals surface area (Å²) in [5, 5.41) is 0. The van der Waals surface area contributed by atoms with Gasteiger partial charge in [0.15, 0.2) is 11.6 Å². The molecule has 0 amide bonds. The Balaban J connectivity index is 2.66. The second-order valence-electron chi connectivity index (χ2n) is 4.52. The van der Waals surface area contributed by atoms with Crippen molar-refractivity contribution in [2.75, 3.05) is 21.3 Å². The quantitative estimate of drug-likeness (QED) is 0.795. The molecule has 0 fully saturated rings. The van der Waals surface area contributed by atoms with Gasteiger partial charge in [-0.15, -0.1) is 0 Å². The van der Waals surface area contributed by atoms with Crippen molar-refractivity contribution in [1.29, 1.82) is 0 Å². The van der Waals surface area contributed by atoms with Crippen molar-refractivity contribution in [3.05, 3.63) is 35.4 Å². The van der Waals surface area contributed by atoms with Crippen LogP contribution in [0.15, 0.2) is 29.9 Å². The molecule has 1 aliphatic carbocycles. The highest BCUT2D eigenvalue weighted by Gasteiger charge is 2.25. The lowest BCUT2D eigenvalue weighted by molar-refractivity contribution is -0.114. The third-order valence-electron chi connectivity index (χ3n) is 3.26. The fourth-order valence-electron chi connectivity index (χ4n) is 2.13. The smallest absolute Gasteiger partial charge is 0.187 e. The lowest BCUT2D eigenvalue weighted by Gasteiger charge is -2.17. The lowest BCUT2D eigenvalue weighted by atomic mass is 9.91. The van der Waals surface area contributed by atoms with Crippen LogP contribution in [-0.4, -0.2) is 32.9 Å². The Labute approximate surface area is 122 Å². The van der Waals surface area contributed by atoms with Crippen molar-refractivity contribution in [1.82, 2.24) is 0 Å². The van der Waals surface area contributed by atoms with E-state index in [1.807, 2.05) is 0 Å². The molecule has 0 aliphatic heterocycles. The van der Waals surface area contributed by atoms with Gasteiger partial charge in [-0.25, -0.2) is 0 Å². The Kier molecular flexibility index (Phi) is 4.12. The Morgan fingerprint density at radius 3 is 1.86 bits per heavy atom. The summed E-state index contributed by atoms with van der Waals surface area (Å²) in [5.41, 5.74) is 1.11. The van der Waals surface area contributed by atoms with Crippen LogP contribution in [0.5, 0.6) is 17.2 Å². The van der Waals surface area contributed by atoms with Crippen molar-refractivity contribution < 1.29 is 23.8 Å². The number of benzene rings is 1. The molecule has 0 spiro atoms. The molecular formula is C16H16O5. The minimum atomic E-state index is -0.256. The Hall–Kier alpha value is -2.56. The maximum Gasteiger partial charge on any atom is 0.187 e. The molecule has 110 valence electrons. The molecule has 1 aliphatic rings. The van der Waals surface area contributed by atoms with Crippen LogP contribution in [0.3, 0.4) is 0 Å². The van der Waals surface area contributed by atoms with E-state index in [-0.39, 0.29) is 17.1 Å². The number of rotatable bonds is 4. The van der Waals surface area contributed by atoms with Crippen molar-refractivity contribution in [2.24, 2.45) is 0 Å². The monoisotopic (exact) mass is 288 g/mol. The van der Waals surface area contributed by atoms with Gasteiger partial charge in [0, 0.05) is 23.3 Å². The lowest BCUT2D eigenvalue weighted by Crippen LogP contribution is -2.12. The SMILES string of the molecule is COc1cc(OC)c(C2=CC(=O)C(C)=CC2=O)c(OC)c1. The average molecular weight is 288 g/mol. The normalized spacial score (nSPS) is 14.5. The molecule has 0 unspecified atom stereocenters. The third-order valence-corrected chi connectivity index (χ3v) is 3.26. The molecular weight excluding hydrogens is 272 g/mol. The van der Waals surface area contributed by atoms with Gasteiger partial charge in [0.05, 0.1) is 26.9 Å². The fraction of sp³-hybridized carbons (Fsp3) is 0.250. The predicted octanol–water partition coefficient (Wildman–Crippen LogP) is 2.19. The van der Waals surface area contributed by atoms with Crippen LogP contribution in [0.4, 0.5) is 0 Å². The Morgan fingerprint density at radius 2 is 1.38 bits per heavy atom. The van der Waals surface area contributed by atoms with E-state index >= 15 is 0 Å². The van der Waals surface area contributed by atoms with E-state index in [0.29, 0.717) is 28.4 Å². The molecule has 2 rings (SSSR count). The standard InChI is InChI=1S/C16H16O5/c1-9-5-13(18)11(8-12(9)17)16-14(20-3)6-10(19-2)7-15(16)21-4/h5-8H,1-4H3. The second kappa shape index (κ2) is 5.83. The van der Waals surface area contributed by atoms with E-state index < -0.39 is 0 Å². The summed E-state index contributed by atoms with van der Waals surface area (Å²) < 4.78 is 15.8. The molecule has 0 saturated heterocycles. The number of allylic oxidation sites excluding steroid dienone is 4. The molecule has 21 heavy (non-hydrogen) atoms. The van der Waals surface area contributed by atoms with E-state index in [4.69, 9.17) is 14.2 Å². The summed E-state index contributed by atoms with van der Waals surface area (Å²) in [6.45, 7) is 1.61. The van der Waals surface area contributed by atoms with Crippen molar-refractivity contribution >= 4 is 17.1 Å². The summed E-state index contributed by atoms with van der Waals surface area (Å²) in [4.78, 5) is 24.0. The molecule has 1 aromatic carbocycles. The van der Waals surface area contributed by atoms with Crippen LogP contribution in [0.25, 0.3) is 5.57 Å². The number of hydrogen-bond acceptors (Lipinski definition) is 5. The minimum absolute atomic E-state index is 0.204.